The first kappa shape index (κ1) is 14.0. The summed E-state index contributed by atoms with van der Waals surface area (Å²) in [5, 5.41) is 3.05. The van der Waals surface area contributed by atoms with Crippen molar-refractivity contribution in [1.29, 1.82) is 0 Å². The first-order chi connectivity index (χ1) is 8.95. The zero-order valence-electron chi connectivity index (χ0n) is 10.5. The lowest BCUT2D eigenvalue weighted by Crippen LogP contribution is -2.13. The molecule has 0 atom stereocenters. The maximum absolute atomic E-state index is 12.2. The molecule has 0 bridgehead atoms. The van der Waals surface area contributed by atoms with Gasteiger partial charge in [-0.2, -0.15) is 0 Å². The summed E-state index contributed by atoms with van der Waals surface area (Å²) < 4.78 is 0.867. The average molecular weight is 340 g/mol. The molecule has 0 saturated heterocycles. The van der Waals surface area contributed by atoms with Crippen molar-refractivity contribution in [2.24, 2.45) is 0 Å². The third kappa shape index (κ3) is 3.55. The van der Waals surface area contributed by atoms with E-state index in [2.05, 4.69) is 26.2 Å². The van der Waals surface area contributed by atoms with E-state index in [0.29, 0.717) is 11.3 Å². The van der Waals surface area contributed by atoms with Crippen molar-refractivity contribution in [3.05, 3.63) is 56.8 Å². The number of carbonyl (C=O) groups excluding carboxylic acids is 1. The summed E-state index contributed by atoms with van der Waals surface area (Å²) in [6.07, 6.45) is 1.65. The van der Waals surface area contributed by atoms with E-state index >= 15 is 0 Å². The van der Waals surface area contributed by atoms with E-state index in [0.717, 1.165) is 15.6 Å². The standard InChI is InChI=1S/C14H12BrClN2O/c1-8-3-10(6-11(15)4-8)14(19)18-12-5-9(2)7-17-13(12)16/h3-7H,1-2H3,(H,18,19). The number of nitrogens with one attached hydrogen (secondary N) is 1. The Morgan fingerprint density at radius 2 is 1.95 bits per heavy atom. The number of pyridine rings is 1. The molecule has 5 heteroatoms. The Balaban J connectivity index is 2.28. The Labute approximate surface area is 125 Å². The molecule has 0 spiro atoms. The van der Waals surface area contributed by atoms with Crippen molar-refractivity contribution in [1.82, 2.24) is 4.98 Å². The molecule has 0 aliphatic carbocycles. The van der Waals surface area contributed by atoms with Gasteiger partial charge in [-0.15, -0.1) is 0 Å². The molecule has 0 unspecified atom stereocenters. The van der Waals surface area contributed by atoms with Gasteiger partial charge >= 0.3 is 0 Å². The topological polar surface area (TPSA) is 42.0 Å². The van der Waals surface area contributed by atoms with E-state index in [1.165, 1.54) is 0 Å². The average Bonchev–Trinajstić information content (AvgIpc) is 2.32. The van der Waals surface area contributed by atoms with Crippen LogP contribution in [0.5, 0.6) is 0 Å². The Bertz CT molecular complexity index is 623. The molecule has 0 saturated carbocycles. The fourth-order valence-corrected chi connectivity index (χ4v) is 2.46. The second-order valence-corrected chi connectivity index (χ2v) is 5.60. The van der Waals surface area contributed by atoms with Crippen molar-refractivity contribution in [2.45, 2.75) is 13.8 Å². The Morgan fingerprint density at radius 1 is 1.21 bits per heavy atom. The van der Waals surface area contributed by atoms with Gasteiger partial charge in [0.2, 0.25) is 0 Å². The van der Waals surface area contributed by atoms with Gasteiger partial charge in [-0.25, -0.2) is 4.98 Å². The second-order valence-electron chi connectivity index (χ2n) is 4.32. The number of carbonyl (C=O) groups is 1. The van der Waals surface area contributed by atoms with Gasteiger partial charge in [-0.3, -0.25) is 4.79 Å². The summed E-state index contributed by atoms with van der Waals surface area (Å²) in [6.45, 7) is 3.82. The third-order valence-electron chi connectivity index (χ3n) is 2.53. The highest BCUT2D eigenvalue weighted by atomic mass is 79.9. The van der Waals surface area contributed by atoms with Crippen LogP contribution in [-0.4, -0.2) is 10.9 Å². The number of hydrogen-bond donors (Lipinski definition) is 1. The van der Waals surface area contributed by atoms with E-state index < -0.39 is 0 Å². The van der Waals surface area contributed by atoms with E-state index in [1.807, 2.05) is 26.0 Å². The summed E-state index contributed by atoms with van der Waals surface area (Å²) >= 11 is 9.33. The minimum absolute atomic E-state index is 0.210. The molecular formula is C14H12BrClN2O. The van der Waals surface area contributed by atoms with Gasteiger partial charge in [-0.05, 0) is 49.2 Å². The van der Waals surface area contributed by atoms with Crippen LogP contribution in [0.3, 0.4) is 0 Å². The highest BCUT2D eigenvalue weighted by Crippen LogP contribution is 2.22. The molecule has 2 aromatic rings. The van der Waals surface area contributed by atoms with Crippen molar-refractivity contribution >= 4 is 39.1 Å². The van der Waals surface area contributed by atoms with Crippen LogP contribution >= 0.6 is 27.5 Å². The van der Waals surface area contributed by atoms with Gasteiger partial charge < -0.3 is 5.32 Å². The fraction of sp³-hybridized carbons (Fsp3) is 0.143. The van der Waals surface area contributed by atoms with E-state index in [9.17, 15) is 4.79 Å². The van der Waals surface area contributed by atoms with Crippen LogP contribution in [0.4, 0.5) is 5.69 Å². The first-order valence-electron chi connectivity index (χ1n) is 5.66. The molecule has 2 rings (SSSR count). The minimum atomic E-state index is -0.210. The minimum Gasteiger partial charge on any atom is -0.319 e. The summed E-state index contributed by atoms with van der Waals surface area (Å²) in [4.78, 5) is 16.2. The van der Waals surface area contributed by atoms with Gasteiger partial charge in [0.05, 0.1) is 5.69 Å². The summed E-state index contributed by atoms with van der Waals surface area (Å²) in [6, 6.07) is 7.31. The number of anilines is 1. The van der Waals surface area contributed by atoms with Gasteiger partial charge in [0, 0.05) is 16.2 Å². The number of halogens is 2. The van der Waals surface area contributed by atoms with Gasteiger partial charge in [0.1, 0.15) is 0 Å². The van der Waals surface area contributed by atoms with E-state index in [4.69, 9.17) is 11.6 Å². The maximum atomic E-state index is 12.2. The highest BCUT2D eigenvalue weighted by Gasteiger charge is 2.10. The van der Waals surface area contributed by atoms with Crippen LogP contribution in [0.15, 0.2) is 34.9 Å². The molecule has 1 amide bonds. The van der Waals surface area contributed by atoms with Crippen LogP contribution in [0.1, 0.15) is 21.5 Å². The van der Waals surface area contributed by atoms with Crippen molar-refractivity contribution in [3.63, 3.8) is 0 Å². The summed E-state index contributed by atoms with van der Waals surface area (Å²) in [7, 11) is 0. The van der Waals surface area contributed by atoms with Crippen LogP contribution in [0.2, 0.25) is 5.15 Å². The number of aromatic nitrogens is 1. The van der Waals surface area contributed by atoms with E-state index in [1.54, 1.807) is 18.3 Å². The molecule has 0 fully saturated rings. The molecule has 1 aromatic carbocycles. The lowest BCUT2D eigenvalue weighted by Gasteiger charge is -2.08. The Morgan fingerprint density at radius 3 is 2.63 bits per heavy atom. The molecular weight excluding hydrogens is 328 g/mol. The van der Waals surface area contributed by atoms with Gasteiger partial charge in [-0.1, -0.05) is 27.5 Å². The largest absolute Gasteiger partial charge is 0.319 e. The quantitative estimate of drug-likeness (QED) is 0.826. The molecule has 0 radical (unpaired) electrons. The SMILES string of the molecule is Cc1cc(Br)cc(C(=O)Nc2cc(C)cnc2Cl)c1. The molecule has 19 heavy (non-hydrogen) atoms. The smallest absolute Gasteiger partial charge is 0.255 e. The normalized spacial score (nSPS) is 10.3. The lowest BCUT2D eigenvalue weighted by atomic mass is 10.1. The summed E-state index contributed by atoms with van der Waals surface area (Å²) in [5.74, 6) is -0.210. The first-order valence-corrected chi connectivity index (χ1v) is 6.83. The second kappa shape index (κ2) is 5.72. The maximum Gasteiger partial charge on any atom is 0.255 e. The highest BCUT2D eigenvalue weighted by molar-refractivity contribution is 9.10. The number of aryl methyl sites for hydroxylation is 2. The lowest BCUT2D eigenvalue weighted by molar-refractivity contribution is 0.102. The molecule has 1 N–H and O–H groups in total. The molecule has 3 nitrogen and oxygen atoms in total. The zero-order chi connectivity index (χ0) is 14.0. The number of rotatable bonds is 2. The van der Waals surface area contributed by atoms with Crippen molar-refractivity contribution < 1.29 is 4.79 Å². The number of nitrogens with zero attached hydrogens (tertiary/aromatic N) is 1. The number of benzene rings is 1. The van der Waals surface area contributed by atoms with E-state index in [-0.39, 0.29) is 11.1 Å². The Kier molecular flexibility index (Phi) is 4.22. The number of amides is 1. The van der Waals surface area contributed by atoms with Gasteiger partial charge in [0.15, 0.2) is 5.15 Å². The molecule has 1 aromatic heterocycles. The van der Waals surface area contributed by atoms with Crippen molar-refractivity contribution in [2.75, 3.05) is 5.32 Å². The molecule has 0 aliphatic heterocycles. The van der Waals surface area contributed by atoms with Crippen LogP contribution in [0, 0.1) is 13.8 Å². The predicted molar refractivity (Wildman–Crippen MR) is 80.8 cm³/mol. The van der Waals surface area contributed by atoms with Crippen LogP contribution in [0.25, 0.3) is 0 Å². The predicted octanol–water partition coefficient (Wildman–Crippen LogP) is 4.37. The Hall–Kier alpha value is -1.39. The molecule has 98 valence electrons. The van der Waals surface area contributed by atoms with Crippen LogP contribution in [-0.2, 0) is 0 Å². The van der Waals surface area contributed by atoms with Crippen LogP contribution < -0.4 is 5.32 Å². The van der Waals surface area contributed by atoms with Gasteiger partial charge in [0.25, 0.3) is 5.91 Å². The number of hydrogen-bond acceptors (Lipinski definition) is 2. The monoisotopic (exact) mass is 338 g/mol. The zero-order valence-corrected chi connectivity index (χ0v) is 12.8. The molecule has 1 heterocycles. The molecule has 0 aliphatic rings. The summed E-state index contributed by atoms with van der Waals surface area (Å²) in [5.41, 5.74) is 3.03. The van der Waals surface area contributed by atoms with Crippen molar-refractivity contribution in [3.8, 4) is 0 Å². The fourth-order valence-electron chi connectivity index (χ4n) is 1.70. The third-order valence-corrected chi connectivity index (χ3v) is 3.29.